The van der Waals surface area contributed by atoms with Crippen LogP contribution in [0.4, 0.5) is 5.69 Å². The predicted molar refractivity (Wildman–Crippen MR) is 47.0 cm³/mol. The van der Waals surface area contributed by atoms with Crippen LogP contribution >= 0.6 is 0 Å². The van der Waals surface area contributed by atoms with Crippen molar-refractivity contribution < 1.29 is 9.90 Å². The molecule has 0 saturated heterocycles. The number of nitrogens with two attached hydrogens (primary N) is 1. The predicted octanol–water partition coefficient (Wildman–Crippen LogP) is 1.28. The second-order valence-corrected chi connectivity index (χ2v) is 2.78. The van der Waals surface area contributed by atoms with Crippen LogP contribution in [0.5, 0.6) is 5.75 Å². The van der Waals surface area contributed by atoms with E-state index >= 15 is 0 Å². The molecule has 0 fully saturated rings. The lowest BCUT2D eigenvalue weighted by atomic mass is 10.0. The summed E-state index contributed by atoms with van der Waals surface area (Å²) in [5.41, 5.74) is 6.69. The van der Waals surface area contributed by atoms with Gasteiger partial charge in [-0.05, 0) is 17.7 Å². The molecule has 0 radical (unpaired) electrons. The quantitative estimate of drug-likeness (QED) is 0.512. The first-order chi connectivity index (χ1) is 5.63. The van der Waals surface area contributed by atoms with Crippen molar-refractivity contribution >= 4 is 12.0 Å². The third-order valence-electron chi connectivity index (χ3n) is 1.69. The van der Waals surface area contributed by atoms with Crippen LogP contribution in [0.25, 0.3) is 0 Å². The number of rotatable bonds is 2. The zero-order valence-corrected chi connectivity index (χ0v) is 6.82. The molecule has 64 valence electrons. The van der Waals surface area contributed by atoms with Crippen molar-refractivity contribution in [3.05, 3.63) is 23.8 Å². The Morgan fingerprint density at radius 1 is 1.50 bits per heavy atom. The van der Waals surface area contributed by atoms with Crippen molar-refractivity contribution in [3.8, 4) is 5.75 Å². The van der Waals surface area contributed by atoms with E-state index < -0.39 is 0 Å². The molecular formula is C9H11NO2. The Morgan fingerprint density at radius 2 is 2.17 bits per heavy atom. The zero-order valence-electron chi connectivity index (χ0n) is 6.82. The van der Waals surface area contributed by atoms with Crippen LogP contribution in [0.3, 0.4) is 0 Å². The highest BCUT2D eigenvalue weighted by atomic mass is 16.3. The fourth-order valence-electron chi connectivity index (χ4n) is 1.00. The van der Waals surface area contributed by atoms with Crippen molar-refractivity contribution in [1.82, 2.24) is 0 Å². The molecule has 0 saturated carbocycles. The molecule has 0 heterocycles. The largest absolute Gasteiger partial charge is 0.508 e. The molecule has 0 amide bonds. The first-order valence-electron chi connectivity index (χ1n) is 3.68. The fraction of sp³-hybridized carbons (Fsp3) is 0.222. The van der Waals surface area contributed by atoms with Crippen LogP contribution in [-0.2, 0) is 4.79 Å². The van der Waals surface area contributed by atoms with Crippen molar-refractivity contribution in [2.24, 2.45) is 0 Å². The van der Waals surface area contributed by atoms with Gasteiger partial charge >= 0.3 is 0 Å². The first kappa shape index (κ1) is 8.59. The summed E-state index contributed by atoms with van der Waals surface area (Å²) in [6.45, 7) is 1.75. The van der Waals surface area contributed by atoms with Gasteiger partial charge in [0, 0.05) is 17.7 Å². The minimum Gasteiger partial charge on any atom is -0.508 e. The van der Waals surface area contributed by atoms with E-state index in [-0.39, 0.29) is 11.7 Å². The highest BCUT2D eigenvalue weighted by molar-refractivity contribution is 5.63. The maximum absolute atomic E-state index is 10.4. The van der Waals surface area contributed by atoms with E-state index in [1.165, 1.54) is 12.1 Å². The average Bonchev–Trinajstić information content (AvgIpc) is 2.01. The number of hydrogen-bond acceptors (Lipinski definition) is 3. The number of aldehydes is 1. The van der Waals surface area contributed by atoms with Crippen LogP contribution in [-0.4, -0.2) is 11.4 Å². The summed E-state index contributed by atoms with van der Waals surface area (Å²) in [7, 11) is 0. The Labute approximate surface area is 70.8 Å². The van der Waals surface area contributed by atoms with Gasteiger partial charge in [-0.3, -0.25) is 0 Å². The third-order valence-corrected chi connectivity index (χ3v) is 1.69. The molecule has 0 aliphatic heterocycles. The topological polar surface area (TPSA) is 63.3 Å². The van der Waals surface area contributed by atoms with Gasteiger partial charge in [0.15, 0.2) is 0 Å². The maximum atomic E-state index is 10.4. The highest BCUT2D eigenvalue weighted by Gasteiger charge is 2.05. The number of benzene rings is 1. The van der Waals surface area contributed by atoms with Crippen LogP contribution in [0.2, 0.25) is 0 Å². The first-order valence-corrected chi connectivity index (χ1v) is 3.68. The smallest absolute Gasteiger partial charge is 0.127 e. The molecule has 0 spiro atoms. The summed E-state index contributed by atoms with van der Waals surface area (Å²) in [4.78, 5) is 10.4. The van der Waals surface area contributed by atoms with E-state index in [1.54, 1.807) is 13.0 Å². The maximum Gasteiger partial charge on any atom is 0.127 e. The van der Waals surface area contributed by atoms with Gasteiger partial charge < -0.3 is 15.6 Å². The molecule has 3 N–H and O–H groups in total. The van der Waals surface area contributed by atoms with Gasteiger partial charge in [-0.15, -0.1) is 0 Å². The third kappa shape index (κ3) is 1.75. The Morgan fingerprint density at radius 3 is 2.67 bits per heavy atom. The van der Waals surface area contributed by atoms with Crippen molar-refractivity contribution in [1.29, 1.82) is 0 Å². The molecule has 1 rings (SSSR count). The van der Waals surface area contributed by atoms with Gasteiger partial charge in [0.05, 0.1) is 0 Å². The van der Waals surface area contributed by atoms with Gasteiger partial charge in [0.2, 0.25) is 0 Å². The minimum absolute atomic E-state index is 0.0960. The zero-order chi connectivity index (χ0) is 9.14. The molecule has 3 nitrogen and oxygen atoms in total. The van der Waals surface area contributed by atoms with Crippen molar-refractivity contribution in [2.75, 3.05) is 5.73 Å². The number of hydrogen-bond donors (Lipinski definition) is 2. The number of aromatic hydroxyl groups is 1. The Kier molecular flexibility index (Phi) is 2.33. The van der Waals surface area contributed by atoms with Gasteiger partial charge in [0.1, 0.15) is 12.0 Å². The van der Waals surface area contributed by atoms with E-state index in [2.05, 4.69) is 0 Å². The Balaban J connectivity index is 3.08. The molecule has 12 heavy (non-hydrogen) atoms. The summed E-state index contributed by atoms with van der Waals surface area (Å²) in [5, 5.41) is 9.14. The van der Waals surface area contributed by atoms with Crippen molar-refractivity contribution in [3.63, 3.8) is 0 Å². The van der Waals surface area contributed by atoms with Crippen LogP contribution in [0, 0.1) is 0 Å². The summed E-state index contributed by atoms with van der Waals surface area (Å²) in [5.74, 6) is -0.127. The molecule has 1 aromatic rings. The van der Waals surface area contributed by atoms with E-state index in [4.69, 9.17) is 10.8 Å². The fourth-order valence-corrected chi connectivity index (χ4v) is 1.00. The van der Waals surface area contributed by atoms with Crippen molar-refractivity contribution in [2.45, 2.75) is 12.8 Å². The number of carbonyl (C=O) groups excluding carboxylic acids is 1. The second-order valence-electron chi connectivity index (χ2n) is 2.78. The summed E-state index contributed by atoms with van der Waals surface area (Å²) in [6, 6.07) is 4.66. The SMILES string of the molecule is CC(C=O)c1cc(N)cc(O)c1. The number of nitrogen functional groups attached to an aromatic ring is 1. The van der Waals surface area contributed by atoms with E-state index in [0.29, 0.717) is 5.69 Å². The van der Waals surface area contributed by atoms with E-state index in [1.807, 2.05) is 0 Å². The van der Waals surface area contributed by atoms with Gasteiger partial charge in [-0.1, -0.05) is 6.92 Å². The summed E-state index contributed by atoms with van der Waals surface area (Å²) >= 11 is 0. The highest BCUT2D eigenvalue weighted by Crippen LogP contribution is 2.22. The molecular weight excluding hydrogens is 154 g/mol. The van der Waals surface area contributed by atoms with E-state index in [0.717, 1.165) is 11.8 Å². The molecule has 1 atom stereocenters. The van der Waals surface area contributed by atoms with Gasteiger partial charge in [-0.25, -0.2) is 0 Å². The normalized spacial score (nSPS) is 12.4. The molecule has 3 heteroatoms. The van der Waals surface area contributed by atoms with E-state index in [9.17, 15) is 4.79 Å². The van der Waals surface area contributed by atoms with Crippen LogP contribution in [0.15, 0.2) is 18.2 Å². The molecule has 0 bridgehead atoms. The summed E-state index contributed by atoms with van der Waals surface area (Å²) < 4.78 is 0. The molecule has 0 aliphatic rings. The molecule has 0 aromatic heterocycles. The Hall–Kier alpha value is -1.51. The van der Waals surface area contributed by atoms with Gasteiger partial charge in [0.25, 0.3) is 0 Å². The summed E-state index contributed by atoms with van der Waals surface area (Å²) in [6.07, 6.45) is 0.814. The molecule has 0 aliphatic carbocycles. The van der Waals surface area contributed by atoms with Crippen LogP contribution < -0.4 is 5.73 Å². The average molecular weight is 165 g/mol. The number of phenols is 1. The molecule has 1 aromatic carbocycles. The standard InChI is InChI=1S/C9H11NO2/c1-6(5-11)7-2-8(10)4-9(12)3-7/h2-6,12H,10H2,1H3. The lowest BCUT2D eigenvalue weighted by Crippen LogP contribution is -1.95. The minimum atomic E-state index is -0.223. The molecule has 1 unspecified atom stereocenters. The lowest BCUT2D eigenvalue weighted by Gasteiger charge is -2.05. The number of phenolic OH excluding ortho intramolecular Hbond substituents is 1. The number of carbonyl (C=O) groups is 1. The monoisotopic (exact) mass is 165 g/mol. The number of anilines is 1. The lowest BCUT2D eigenvalue weighted by molar-refractivity contribution is -0.108. The second kappa shape index (κ2) is 3.26. The van der Waals surface area contributed by atoms with Crippen LogP contribution in [0.1, 0.15) is 18.4 Å². The Bertz CT molecular complexity index is 276. The van der Waals surface area contributed by atoms with Gasteiger partial charge in [-0.2, -0.15) is 0 Å².